The van der Waals surface area contributed by atoms with Crippen molar-refractivity contribution >= 4 is 39.2 Å². The quantitative estimate of drug-likeness (QED) is 0.604. The van der Waals surface area contributed by atoms with E-state index in [2.05, 4.69) is 5.32 Å². The van der Waals surface area contributed by atoms with E-state index in [0.717, 1.165) is 0 Å². The predicted octanol–water partition coefficient (Wildman–Crippen LogP) is 2.80. The summed E-state index contributed by atoms with van der Waals surface area (Å²) in [6.07, 6.45) is 0. The molecule has 1 fully saturated rings. The van der Waals surface area contributed by atoms with Gasteiger partial charge in [0.05, 0.1) is 48.0 Å². The van der Waals surface area contributed by atoms with Crippen molar-refractivity contribution in [1.29, 1.82) is 0 Å². The number of methoxy groups -OCH3 is 1. The van der Waals surface area contributed by atoms with Crippen LogP contribution in [0.4, 0.5) is 5.69 Å². The van der Waals surface area contributed by atoms with Crippen LogP contribution in [0.2, 0.25) is 5.02 Å². The number of nitrogens with zero attached hydrogens (tertiary/aromatic N) is 1. The molecule has 1 aliphatic rings. The molecule has 172 valence electrons. The Kier molecular flexibility index (Phi) is 7.73. The molecule has 0 aliphatic carbocycles. The molecule has 0 bridgehead atoms. The average Bonchev–Trinajstić information content (AvgIpc) is 2.80. The third-order valence-corrected chi connectivity index (χ3v) is 6.97. The van der Waals surface area contributed by atoms with E-state index in [1.165, 1.54) is 47.8 Å². The molecule has 9 nitrogen and oxygen atoms in total. The van der Waals surface area contributed by atoms with E-state index in [1.807, 2.05) is 0 Å². The Labute approximate surface area is 191 Å². The molecule has 0 unspecified atom stereocenters. The van der Waals surface area contributed by atoms with Gasteiger partial charge in [0, 0.05) is 18.8 Å². The number of halogens is 1. The summed E-state index contributed by atoms with van der Waals surface area (Å²) in [7, 11) is -2.43. The molecule has 1 N–H and O–H groups in total. The maximum atomic E-state index is 13.0. The van der Waals surface area contributed by atoms with E-state index in [4.69, 9.17) is 25.8 Å². The fraction of sp³-hybridized carbons (Fsp3) is 0.333. The minimum absolute atomic E-state index is 0.0227. The zero-order valence-corrected chi connectivity index (χ0v) is 19.2. The second-order valence-corrected chi connectivity index (χ2v) is 9.09. The van der Waals surface area contributed by atoms with Crippen LogP contribution < -0.4 is 10.1 Å². The number of sulfonamides is 1. The Morgan fingerprint density at radius 2 is 1.84 bits per heavy atom. The molecule has 1 amide bonds. The lowest BCUT2D eigenvalue weighted by atomic mass is 10.1. The first-order chi connectivity index (χ1) is 15.3. The number of hydrogen-bond acceptors (Lipinski definition) is 7. The second-order valence-electron chi connectivity index (χ2n) is 6.75. The van der Waals surface area contributed by atoms with Crippen molar-refractivity contribution in [2.75, 3.05) is 45.3 Å². The van der Waals surface area contributed by atoms with Gasteiger partial charge in [0.25, 0.3) is 5.91 Å². The lowest BCUT2D eigenvalue weighted by Gasteiger charge is -2.26. The van der Waals surface area contributed by atoms with Gasteiger partial charge in [0.1, 0.15) is 5.75 Å². The van der Waals surface area contributed by atoms with E-state index < -0.39 is 21.9 Å². The van der Waals surface area contributed by atoms with Gasteiger partial charge in [-0.1, -0.05) is 11.6 Å². The SMILES string of the molecule is CCOC(=O)c1cc(NC(=O)c2cc(S(=O)(=O)N3CCOCC3)ccc2OC)ccc1Cl. The highest BCUT2D eigenvalue weighted by Crippen LogP contribution is 2.27. The van der Waals surface area contributed by atoms with Crippen molar-refractivity contribution in [1.82, 2.24) is 4.31 Å². The average molecular weight is 483 g/mol. The number of benzene rings is 2. The lowest BCUT2D eigenvalue weighted by Crippen LogP contribution is -2.40. The fourth-order valence-corrected chi connectivity index (χ4v) is 4.76. The summed E-state index contributed by atoms with van der Waals surface area (Å²) in [5.74, 6) is -1.04. The van der Waals surface area contributed by atoms with Crippen LogP contribution in [0.1, 0.15) is 27.6 Å². The van der Waals surface area contributed by atoms with Crippen molar-refractivity contribution in [2.24, 2.45) is 0 Å². The van der Waals surface area contributed by atoms with Crippen LogP contribution >= 0.6 is 11.6 Å². The molecule has 1 heterocycles. The molecule has 1 aliphatic heterocycles. The maximum Gasteiger partial charge on any atom is 0.339 e. The van der Waals surface area contributed by atoms with Gasteiger partial charge in [-0.15, -0.1) is 0 Å². The first-order valence-electron chi connectivity index (χ1n) is 9.82. The van der Waals surface area contributed by atoms with Gasteiger partial charge < -0.3 is 19.5 Å². The van der Waals surface area contributed by atoms with Crippen LogP contribution in [-0.4, -0.2) is 64.6 Å². The zero-order chi connectivity index (χ0) is 23.3. The maximum absolute atomic E-state index is 13.0. The van der Waals surface area contributed by atoms with E-state index in [-0.39, 0.29) is 52.2 Å². The van der Waals surface area contributed by atoms with Crippen LogP contribution in [0.5, 0.6) is 5.75 Å². The number of carbonyl (C=O) groups excluding carboxylic acids is 2. The van der Waals surface area contributed by atoms with Gasteiger partial charge in [-0.3, -0.25) is 4.79 Å². The van der Waals surface area contributed by atoms with Gasteiger partial charge in [-0.2, -0.15) is 4.31 Å². The Balaban J connectivity index is 1.90. The molecule has 2 aromatic carbocycles. The first kappa shape index (κ1) is 24.0. The highest BCUT2D eigenvalue weighted by atomic mass is 35.5. The molecule has 0 aromatic heterocycles. The zero-order valence-electron chi connectivity index (χ0n) is 17.6. The van der Waals surface area contributed by atoms with Crippen molar-refractivity contribution in [3.05, 3.63) is 52.5 Å². The number of rotatable bonds is 7. The Morgan fingerprint density at radius 3 is 2.50 bits per heavy atom. The number of morpholine rings is 1. The largest absolute Gasteiger partial charge is 0.496 e. The van der Waals surface area contributed by atoms with Gasteiger partial charge in [-0.25, -0.2) is 13.2 Å². The summed E-state index contributed by atoms with van der Waals surface area (Å²) < 4.78 is 42.7. The van der Waals surface area contributed by atoms with Crippen LogP contribution in [0, 0.1) is 0 Å². The Bertz CT molecular complexity index is 1120. The molecule has 32 heavy (non-hydrogen) atoms. The summed E-state index contributed by atoms with van der Waals surface area (Å²) in [6.45, 7) is 2.92. The Morgan fingerprint density at radius 1 is 1.12 bits per heavy atom. The fourth-order valence-electron chi connectivity index (χ4n) is 3.13. The van der Waals surface area contributed by atoms with Crippen molar-refractivity contribution in [3.63, 3.8) is 0 Å². The van der Waals surface area contributed by atoms with Crippen molar-refractivity contribution in [3.8, 4) is 5.75 Å². The Hall–Kier alpha value is -2.66. The third-order valence-electron chi connectivity index (χ3n) is 4.74. The smallest absolute Gasteiger partial charge is 0.339 e. The third kappa shape index (κ3) is 5.21. The van der Waals surface area contributed by atoms with Gasteiger partial charge >= 0.3 is 5.97 Å². The number of ether oxygens (including phenoxy) is 3. The second kappa shape index (κ2) is 10.3. The molecular weight excluding hydrogens is 460 g/mol. The molecule has 3 rings (SSSR count). The van der Waals surface area contributed by atoms with Crippen LogP contribution in [0.25, 0.3) is 0 Å². The predicted molar refractivity (Wildman–Crippen MR) is 118 cm³/mol. The number of esters is 1. The van der Waals surface area contributed by atoms with E-state index in [9.17, 15) is 18.0 Å². The number of nitrogens with one attached hydrogen (secondary N) is 1. The molecule has 0 saturated carbocycles. The lowest BCUT2D eigenvalue weighted by molar-refractivity contribution is 0.0526. The summed E-state index contributed by atoms with van der Waals surface area (Å²) in [6, 6.07) is 8.44. The minimum atomic E-state index is -3.81. The normalized spacial score (nSPS) is 14.6. The van der Waals surface area contributed by atoms with Gasteiger partial charge in [0.2, 0.25) is 10.0 Å². The topological polar surface area (TPSA) is 111 Å². The van der Waals surface area contributed by atoms with Crippen LogP contribution in [-0.2, 0) is 19.5 Å². The molecule has 1 saturated heterocycles. The van der Waals surface area contributed by atoms with Gasteiger partial charge in [-0.05, 0) is 43.3 Å². The molecule has 0 atom stereocenters. The van der Waals surface area contributed by atoms with E-state index in [1.54, 1.807) is 6.92 Å². The highest BCUT2D eigenvalue weighted by Gasteiger charge is 2.28. The van der Waals surface area contributed by atoms with Crippen molar-refractivity contribution in [2.45, 2.75) is 11.8 Å². The van der Waals surface area contributed by atoms with Gasteiger partial charge in [0.15, 0.2) is 0 Å². The monoisotopic (exact) mass is 482 g/mol. The number of carbonyl (C=O) groups is 2. The van der Waals surface area contributed by atoms with E-state index in [0.29, 0.717) is 13.2 Å². The molecule has 11 heteroatoms. The first-order valence-corrected chi connectivity index (χ1v) is 11.6. The minimum Gasteiger partial charge on any atom is -0.496 e. The molecule has 0 spiro atoms. The number of anilines is 1. The summed E-state index contributed by atoms with van der Waals surface area (Å²) in [4.78, 5) is 25.0. The summed E-state index contributed by atoms with van der Waals surface area (Å²) in [5.41, 5.74) is 0.405. The standard InChI is InChI=1S/C21H23ClN2O7S/c1-3-31-21(26)16-12-14(4-6-18(16)22)23-20(25)17-13-15(5-7-19(17)29-2)32(27,28)24-8-10-30-11-9-24/h4-7,12-13H,3,8-11H2,1-2H3,(H,23,25). The summed E-state index contributed by atoms with van der Waals surface area (Å²) >= 11 is 6.06. The molecule has 2 aromatic rings. The summed E-state index contributed by atoms with van der Waals surface area (Å²) in [5, 5.41) is 2.82. The van der Waals surface area contributed by atoms with Crippen LogP contribution in [0.3, 0.4) is 0 Å². The number of hydrogen-bond donors (Lipinski definition) is 1. The van der Waals surface area contributed by atoms with Crippen LogP contribution in [0.15, 0.2) is 41.3 Å². The molecular formula is C21H23ClN2O7S. The van der Waals surface area contributed by atoms with Crippen molar-refractivity contribution < 1.29 is 32.2 Å². The number of amides is 1. The highest BCUT2D eigenvalue weighted by molar-refractivity contribution is 7.89. The molecule has 0 radical (unpaired) electrons. The van der Waals surface area contributed by atoms with E-state index >= 15 is 0 Å².